The SMILES string of the molecule is CC(=O)n1cnc2c(Sc3c([N+](=O)[O-])ncn3C)ncnc21. The van der Waals surface area contributed by atoms with E-state index in [-0.39, 0.29) is 11.7 Å². The van der Waals surface area contributed by atoms with Crippen molar-refractivity contribution in [1.82, 2.24) is 29.1 Å². The summed E-state index contributed by atoms with van der Waals surface area (Å²) in [6, 6.07) is 0. The summed E-state index contributed by atoms with van der Waals surface area (Å²) in [5, 5.41) is 11.7. The lowest BCUT2D eigenvalue weighted by atomic mass is 10.5. The van der Waals surface area contributed by atoms with Gasteiger partial charge in [-0.1, -0.05) is 0 Å². The number of hydrogen-bond donors (Lipinski definition) is 0. The molecule has 112 valence electrons. The Kier molecular flexibility index (Phi) is 3.33. The minimum atomic E-state index is -0.561. The van der Waals surface area contributed by atoms with E-state index in [4.69, 9.17) is 0 Å². The molecule has 0 saturated carbocycles. The van der Waals surface area contributed by atoms with Crippen LogP contribution in [0.5, 0.6) is 0 Å². The van der Waals surface area contributed by atoms with Crippen molar-refractivity contribution < 1.29 is 9.72 Å². The Balaban J connectivity index is 2.11. The molecule has 3 aromatic heterocycles. The molecular formula is C11H9N7O3S. The molecule has 0 aliphatic heterocycles. The van der Waals surface area contributed by atoms with E-state index < -0.39 is 4.92 Å². The van der Waals surface area contributed by atoms with E-state index in [0.29, 0.717) is 21.2 Å². The second kappa shape index (κ2) is 5.18. The lowest BCUT2D eigenvalue weighted by molar-refractivity contribution is -0.392. The van der Waals surface area contributed by atoms with Crippen LogP contribution >= 0.6 is 11.8 Å². The monoisotopic (exact) mass is 319 g/mol. The molecule has 0 bridgehead atoms. The van der Waals surface area contributed by atoms with E-state index in [1.807, 2.05) is 0 Å². The summed E-state index contributed by atoms with van der Waals surface area (Å²) in [4.78, 5) is 37.9. The molecule has 0 amide bonds. The van der Waals surface area contributed by atoms with Crippen molar-refractivity contribution in [2.45, 2.75) is 17.0 Å². The normalized spacial score (nSPS) is 11.0. The fraction of sp³-hybridized carbons (Fsp3) is 0.182. The van der Waals surface area contributed by atoms with Gasteiger partial charge in [-0.3, -0.25) is 9.36 Å². The summed E-state index contributed by atoms with van der Waals surface area (Å²) < 4.78 is 2.82. The number of nitro groups is 1. The molecule has 22 heavy (non-hydrogen) atoms. The van der Waals surface area contributed by atoms with Gasteiger partial charge in [0.15, 0.2) is 10.7 Å². The predicted octanol–water partition coefficient (Wildman–Crippen LogP) is 1.28. The van der Waals surface area contributed by atoms with Gasteiger partial charge in [-0.15, -0.1) is 0 Å². The lowest BCUT2D eigenvalue weighted by Gasteiger charge is -2.02. The predicted molar refractivity (Wildman–Crippen MR) is 75.6 cm³/mol. The van der Waals surface area contributed by atoms with Gasteiger partial charge in [0.05, 0.1) is 0 Å². The molecule has 0 fully saturated rings. The molecule has 3 aromatic rings. The summed E-state index contributed by atoms with van der Waals surface area (Å²) >= 11 is 1.05. The van der Waals surface area contributed by atoms with Gasteiger partial charge in [-0.05, 0) is 21.7 Å². The lowest BCUT2D eigenvalue weighted by Crippen LogP contribution is -2.04. The quantitative estimate of drug-likeness (QED) is 0.402. The molecule has 0 aliphatic rings. The molecule has 0 N–H and O–H groups in total. The second-order valence-electron chi connectivity index (χ2n) is 4.33. The highest BCUT2D eigenvalue weighted by molar-refractivity contribution is 7.99. The molecule has 3 heterocycles. The number of rotatable bonds is 3. The van der Waals surface area contributed by atoms with Crippen LogP contribution in [-0.2, 0) is 7.05 Å². The van der Waals surface area contributed by atoms with Crippen molar-refractivity contribution in [3.05, 3.63) is 29.1 Å². The average molecular weight is 319 g/mol. The highest BCUT2D eigenvalue weighted by Crippen LogP contribution is 2.34. The molecule has 10 nitrogen and oxygen atoms in total. The van der Waals surface area contributed by atoms with Gasteiger partial charge in [-0.2, -0.15) is 0 Å². The first kappa shape index (κ1) is 14.1. The molecule has 0 aliphatic carbocycles. The highest BCUT2D eigenvalue weighted by Gasteiger charge is 2.23. The number of nitrogens with zero attached hydrogens (tertiary/aromatic N) is 7. The molecule has 11 heteroatoms. The third-order valence-corrected chi connectivity index (χ3v) is 4.03. The molecule has 0 unspecified atom stereocenters. The maximum atomic E-state index is 11.5. The van der Waals surface area contributed by atoms with Gasteiger partial charge in [0.1, 0.15) is 23.2 Å². The van der Waals surface area contributed by atoms with Gasteiger partial charge in [0.25, 0.3) is 0 Å². The number of imidazole rings is 2. The molecular weight excluding hydrogens is 310 g/mol. The summed E-state index contributed by atoms with van der Waals surface area (Å²) in [6.45, 7) is 1.39. The fourth-order valence-corrected chi connectivity index (χ4v) is 2.79. The molecule has 0 spiro atoms. The van der Waals surface area contributed by atoms with Crippen LogP contribution in [0.3, 0.4) is 0 Å². The standard InChI is InChI=1S/C11H9N7O3S/c1-6(19)17-5-14-7-8(17)12-3-13-10(7)22-11-9(18(20)21)15-4-16(11)2/h3-5H,1-2H3. The van der Waals surface area contributed by atoms with Gasteiger partial charge in [0.2, 0.25) is 12.2 Å². The van der Waals surface area contributed by atoms with Crippen molar-refractivity contribution in [3.63, 3.8) is 0 Å². The smallest absolute Gasteiger partial charge is 0.358 e. The maximum absolute atomic E-state index is 11.5. The Morgan fingerprint density at radius 3 is 2.73 bits per heavy atom. The van der Waals surface area contributed by atoms with Gasteiger partial charge >= 0.3 is 5.82 Å². The second-order valence-corrected chi connectivity index (χ2v) is 5.31. The van der Waals surface area contributed by atoms with Crippen molar-refractivity contribution in [2.24, 2.45) is 7.05 Å². The van der Waals surface area contributed by atoms with Crippen LogP contribution in [0.4, 0.5) is 5.82 Å². The van der Waals surface area contributed by atoms with Gasteiger partial charge in [-0.25, -0.2) is 15.0 Å². The summed E-state index contributed by atoms with van der Waals surface area (Å²) in [5.41, 5.74) is 0.757. The number of hydrogen-bond acceptors (Lipinski definition) is 8. The third kappa shape index (κ3) is 2.20. The zero-order valence-corrected chi connectivity index (χ0v) is 12.3. The number of fused-ring (bicyclic) bond motifs is 1. The third-order valence-electron chi connectivity index (χ3n) is 2.87. The van der Waals surface area contributed by atoms with Gasteiger partial charge in [0, 0.05) is 14.0 Å². The minimum absolute atomic E-state index is 0.233. The Labute approximate surface area is 127 Å². The van der Waals surface area contributed by atoms with E-state index >= 15 is 0 Å². The van der Waals surface area contributed by atoms with E-state index in [2.05, 4.69) is 19.9 Å². The Hall–Kier alpha value is -2.82. The highest BCUT2D eigenvalue weighted by atomic mass is 32.2. The largest absolute Gasteiger partial charge is 0.396 e. The fourth-order valence-electron chi connectivity index (χ4n) is 1.86. The number of carbonyl (C=O) groups excluding carboxylic acids is 1. The van der Waals surface area contributed by atoms with Crippen LogP contribution in [0.15, 0.2) is 29.0 Å². The van der Waals surface area contributed by atoms with Crippen LogP contribution in [0, 0.1) is 10.1 Å². The summed E-state index contributed by atoms with van der Waals surface area (Å²) in [7, 11) is 1.65. The van der Waals surface area contributed by atoms with E-state index in [9.17, 15) is 14.9 Å². The number of aromatic nitrogens is 6. The Morgan fingerprint density at radius 1 is 1.27 bits per heavy atom. The zero-order chi connectivity index (χ0) is 15.9. The van der Waals surface area contributed by atoms with E-state index in [0.717, 1.165) is 11.8 Å². The van der Waals surface area contributed by atoms with E-state index in [1.54, 1.807) is 7.05 Å². The van der Waals surface area contributed by atoms with Crippen molar-refractivity contribution in [2.75, 3.05) is 0 Å². The minimum Gasteiger partial charge on any atom is -0.358 e. The summed E-state index contributed by atoms with van der Waals surface area (Å²) in [5.74, 6) is -0.492. The van der Waals surface area contributed by atoms with Crippen LogP contribution in [-0.4, -0.2) is 39.9 Å². The van der Waals surface area contributed by atoms with Crippen molar-refractivity contribution in [1.29, 1.82) is 0 Å². The molecule has 0 atom stereocenters. The van der Waals surface area contributed by atoms with E-state index in [1.165, 1.54) is 35.0 Å². The molecule has 0 aromatic carbocycles. The Bertz CT molecular complexity index is 900. The molecule has 0 radical (unpaired) electrons. The topological polar surface area (TPSA) is 122 Å². The maximum Gasteiger partial charge on any atom is 0.396 e. The van der Waals surface area contributed by atoms with Crippen LogP contribution in [0.25, 0.3) is 11.2 Å². The first-order valence-electron chi connectivity index (χ1n) is 6.01. The van der Waals surface area contributed by atoms with Crippen LogP contribution in [0.1, 0.15) is 11.7 Å². The summed E-state index contributed by atoms with van der Waals surface area (Å²) in [6.07, 6.45) is 3.99. The molecule has 3 rings (SSSR count). The first-order chi connectivity index (χ1) is 10.5. The van der Waals surface area contributed by atoms with Crippen molar-refractivity contribution in [3.8, 4) is 0 Å². The average Bonchev–Trinajstić information content (AvgIpc) is 3.04. The van der Waals surface area contributed by atoms with Gasteiger partial charge < -0.3 is 14.7 Å². The van der Waals surface area contributed by atoms with Crippen LogP contribution < -0.4 is 0 Å². The van der Waals surface area contributed by atoms with Crippen LogP contribution in [0.2, 0.25) is 0 Å². The zero-order valence-electron chi connectivity index (χ0n) is 11.5. The number of aryl methyl sites for hydroxylation is 1. The molecule has 0 saturated heterocycles. The van der Waals surface area contributed by atoms with Crippen molar-refractivity contribution >= 4 is 34.7 Å². The first-order valence-corrected chi connectivity index (χ1v) is 6.83. The Morgan fingerprint density at radius 2 is 2.05 bits per heavy atom. The number of carbonyl (C=O) groups is 1.